The minimum Gasteiger partial charge on any atom is -0.508 e. The summed E-state index contributed by atoms with van der Waals surface area (Å²) in [7, 11) is 1.52. The highest BCUT2D eigenvalue weighted by atomic mass is 16.5. The van der Waals surface area contributed by atoms with Crippen LogP contribution in [0, 0.1) is 0 Å². The Morgan fingerprint density at radius 1 is 1.21 bits per heavy atom. The van der Waals surface area contributed by atoms with Crippen molar-refractivity contribution < 1.29 is 14.6 Å². The van der Waals surface area contributed by atoms with E-state index in [2.05, 4.69) is 5.32 Å². The topological polar surface area (TPSA) is 84.6 Å². The number of ether oxygens (including phenoxy) is 1. The summed E-state index contributed by atoms with van der Waals surface area (Å²) in [5, 5.41) is 11.9. The molecule has 2 aromatic rings. The molecular formula is C14H14N2O3. The molecule has 0 aliphatic heterocycles. The first kappa shape index (κ1) is 12.8. The van der Waals surface area contributed by atoms with E-state index < -0.39 is 0 Å². The third-order valence-corrected chi connectivity index (χ3v) is 2.62. The Morgan fingerprint density at radius 2 is 1.89 bits per heavy atom. The zero-order valence-electron chi connectivity index (χ0n) is 10.4. The van der Waals surface area contributed by atoms with E-state index in [-0.39, 0.29) is 11.7 Å². The van der Waals surface area contributed by atoms with E-state index in [1.54, 1.807) is 30.3 Å². The van der Waals surface area contributed by atoms with E-state index in [9.17, 15) is 4.79 Å². The molecule has 2 aromatic carbocycles. The molecule has 0 heterocycles. The van der Waals surface area contributed by atoms with Crippen LogP contribution in [0.25, 0.3) is 0 Å². The zero-order chi connectivity index (χ0) is 13.8. The molecule has 0 unspecified atom stereocenters. The van der Waals surface area contributed by atoms with Crippen LogP contribution in [0.2, 0.25) is 0 Å². The van der Waals surface area contributed by atoms with Crippen LogP contribution in [0.1, 0.15) is 10.4 Å². The van der Waals surface area contributed by atoms with Crippen LogP contribution in [-0.4, -0.2) is 18.1 Å². The van der Waals surface area contributed by atoms with Gasteiger partial charge in [0.25, 0.3) is 5.91 Å². The molecule has 0 atom stereocenters. The molecule has 0 aromatic heterocycles. The average molecular weight is 258 g/mol. The number of rotatable bonds is 3. The third-order valence-electron chi connectivity index (χ3n) is 2.62. The van der Waals surface area contributed by atoms with Crippen molar-refractivity contribution in [2.75, 3.05) is 18.2 Å². The van der Waals surface area contributed by atoms with Gasteiger partial charge in [0.2, 0.25) is 0 Å². The number of nitrogen functional groups attached to an aromatic ring is 1. The molecule has 0 spiro atoms. The van der Waals surface area contributed by atoms with Gasteiger partial charge in [0, 0.05) is 11.3 Å². The fraction of sp³-hybridized carbons (Fsp3) is 0.0714. The maximum absolute atomic E-state index is 12.0. The van der Waals surface area contributed by atoms with Crippen molar-refractivity contribution in [1.29, 1.82) is 0 Å². The molecule has 5 heteroatoms. The van der Waals surface area contributed by atoms with Crippen molar-refractivity contribution in [2.24, 2.45) is 0 Å². The first-order valence-electron chi connectivity index (χ1n) is 5.64. The Balaban J connectivity index is 2.16. The number of hydrogen-bond acceptors (Lipinski definition) is 4. The average Bonchev–Trinajstić information content (AvgIpc) is 2.41. The summed E-state index contributed by atoms with van der Waals surface area (Å²) >= 11 is 0. The number of amides is 1. The molecule has 0 fully saturated rings. The lowest BCUT2D eigenvalue weighted by molar-refractivity contribution is 0.102. The van der Waals surface area contributed by atoms with Gasteiger partial charge >= 0.3 is 0 Å². The van der Waals surface area contributed by atoms with Gasteiger partial charge in [-0.1, -0.05) is 0 Å². The summed E-state index contributed by atoms with van der Waals surface area (Å²) in [5.74, 6) is 0.396. The first-order chi connectivity index (χ1) is 9.10. The maximum atomic E-state index is 12.0. The minimum absolute atomic E-state index is 0.145. The quantitative estimate of drug-likeness (QED) is 0.582. The van der Waals surface area contributed by atoms with Crippen LogP contribution < -0.4 is 15.8 Å². The summed E-state index contributed by atoms with van der Waals surface area (Å²) in [5.41, 5.74) is 7.18. The fourth-order valence-electron chi connectivity index (χ4n) is 1.62. The van der Waals surface area contributed by atoms with Crippen LogP contribution in [0.5, 0.6) is 11.5 Å². The number of nitrogens with two attached hydrogens (primary N) is 1. The molecule has 0 saturated carbocycles. The van der Waals surface area contributed by atoms with Gasteiger partial charge in [-0.05, 0) is 42.5 Å². The van der Waals surface area contributed by atoms with Gasteiger partial charge in [0.1, 0.15) is 11.5 Å². The van der Waals surface area contributed by atoms with Crippen molar-refractivity contribution in [3.05, 3.63) is 48.0 Å². The van der Waals surface area contributed by atoms with E-state index in [0.29, 0.717) is 22.7 Å². The molecule has 0 saturated heterocycles. The summed E-state index contributed by atoms with van der Waals surface area (Å²) in [6.07, 6.45) is 0. The number of benzene rings is 2. The second-order valence-electron chi connectivity index (χ2n) is 3.96. The molecule has 0 aliphatic rings. The van der Waals surface area contributed by atoms with E-state index >= 15 is 0 Å². The van der Waals surface area contributed by atoms with Gasteiger partial charge in [0.15, 0.2) is 0 Å². The summed E-state index contributed by atoms with van der Waals surface area (Å²) < 4.78 is 5.03. The molecule has 5 nitrogen and oxygen atoms in total. The number of anilines is 2. The molecule has 0 bridgehead atoms. The highest BCUT2D eigenvalue weighted by Gasteiger charge is 2.08. The van der Waals surface area contributed by atoms with E-state index in [1.165, 1.54) is 19.2 Å². The Morgan fingerprint density at radius 3 is 2.47 bits per heavy atom. The molecule has 2 rings (SSSR count). The van der Waals surface area contributed by atoms with Gasteiger partial charge in [-0.3, -0.25) is 4.79 Å². The van der Waals surface area contributed by atoms with Crippen LogP contribution in [-0.2, 0) is 0 Å². The predicted molar refractivity (Wildman–Crippen MR) is 73.5 cm³/mol. The monoisotopic (exact) mass is 258 g/mol. The highest BCUT2D eigenvalue weighted by molar-refractivity contribution is 6.05. The number of phenolic OH excluding ortho intramolecular Hbond substituents is 1. The predicted octanol–water partition coefficient (Wildman–Crippen LogP) is 2.24. The first-order valence-corrected chi connectivity index (χ1v) is 5.64. The molecule has 0 aliphatic carbocycles. The van der Waals surface area contributed by atoms with Crippen LogP contribution in [0.15, 0.2) is 42.5 Å². The number of carbonyl (C=O) groups is 1. The minimum atomic E-state index is -0.278. The fourth-order valence-corrected chi connectivity index (χ4v) is 1.62. The highest BCUT2D eigenvalue weighted by Crippen LogP contribution is 2.22. The Labute approximate surface area is 110 Å². The van der Waals surface area contributed by atoms with Crippen LogP contribution in [0.3, 0.4) is 0 Å². The number of hydrogen-bond donors (Lipinski definition) is 3. The second-order valence-corrected chi connectivity index (χ2v) is 3.96. The smallest absolute Gasteiger partial charge is 0.255 e. The maximum Gasteiger partial charge on any atom is 0.255 e. The molecular weight excluding hydrogens is 244 g/mol. The zero-order valence-corrected chi connectivity index (χ0v) is 10.4. The van der Waals surface area contributed by atoms with E-state index in [1.807, 2.05) is 0 Å². The third kappa shape index (κ3) is 2.95. The van der Waals surface area contributed by atoms with Crippen LogP contribution >= 0.6 is 0 Å². The van der Waals surface area contributed by atoms with Gasteiger partial charge in [-0.25, -0.2) is 0 Å². The SMILES string of the molecule is COc1ccc(C(=O)Nc2ccc(O)cc2)cc1N. The van der Waals surface area contributed by atoms with Gasteiger partial charge in [-0.15, -0.1) is 0 Å². The summed E-state index contributed by atoms with van der Waals surface area (Å²) in [4.78, 5) is 12.0. The van der Waals surface area contributed by atoms with Crippen molar-refractivity contribution in [1.82, 2.24) is 0 Å². The Hall–Kier alpha value is -2.69. The van der Waals surface area contributed by atoms with Gasteiger partial charge < -0.3 is 20.9 Å². The van der Waals surface area contributed by atoms with Crippen LogP contribution in [0.4, 0.5) is 11.4 Å². The van der Waals surface area contributed by atoms with Crippen molar-refractivity contribution >= 4 is 17.3 Å². The number of phenols is 1. The van der Waals surface area contributed by atoms with Gasteiger partial charge in [-0.2, -0.15) is 0 Å². The lowest BCUT2D eigenvalue weighted by Crippen LogP contribution is -2.12. The van der Waals surface area contributed by atoms with Crippen molar-refractivity contribution in [3.8, 4) is 11.5 Å². The van der Waals surface area contributed by atoms with Crippen molar-refractivity contribution in [2.45, 2.75) is 0 Å². The van der Waals surface area contributed by atoms with E-state index in [0.717, 1.165) is 0 Å². The largest absolute Gasteiger partial charge is 0.508 e. The Kier molecular flexibility index (Phi) is 3.56. The van der Waals surface area contributed by atoms with Crippen molar-refractivity contribution in [3.63, 3.8) is 0 Å². The number of nitrogens with one attached hydrogen (secondary N) is 1. The summed E-state index contributed by atoms with van der Waals surface area (Å²) in [6, 6.07) is 11.0. The molecule has 98 valence electrons. The van der Waals surface area contributed by atoms with Gasteiger partial charge in [0.05, 0.1) is 12.8 Å². The molecule has 1 amide bonds. The number of carbonyl (C=O) groups excluding carboxylic acids is 1. The van der Waals surface area contributed by atoms with E-state index in [4.69, 9.17) is 15.6 Å². The lowest BCUT2D eigenvalue weighted by Gasteiger charge is -2.08. The molecule has 0 radical (unpaired) electrons. The number of aromatic hydroxyl groups is 1. The summed E-state index contributed by atoms with van der Waals surface area (Å²) in [6.45, 7) is 0. The second kappa shape index (κ2) is 5.30. The number of methoxy groups -OCH3 is 1. The Bertz CT molecular complexity index is 594. The normalized spacial score (nSPS) is 9.95. The molecule has 19 heavy (non-hydrogen) atoms. The molecule has 4 N–H and O–H groups in total. The standard InChI is InChI=1S/C14H14N2O3/c1-19-13-7-2-9(8-12(13)15)14(18)16-10-3-5-11(17)6-4-10/h2-8,17H,15H2,1H3,(H,16,18). The lowest BCUT2D eigenvalue weighted by atomic mass is 10.1.